The fourth-order valence-corrected chi connectivity index (χ4v) is 5.26. The molecule has 1 saturated heterocycles. The summed E-state index contributed by atoms with van der Waals surface area (Å²) in [5, 5.41) is 13.0. The fraction of sp³-hybridized carbons (Fsp3) is 0.640. The number of hydrogen-bond donors (Lipinski definition) is 2. The van der Waals surface area contributed by atoms with Crippen molar-refractivity contribution in [2.24, 2.45) is 5.92 Å². The van der Waals surface area contributed by atoms with Gasteiger partial charge in [0.05, 0.1) is 12.6 Å². The number of carboxylic acids is 1. The lowest BCUT2D eigenvalue weighted by Crippen LogP contribution is -2.62. The monoisotopic (exact) mass is 444 g/mol. The van der Waals surface area contributed by atoms with Gasteiger partial charge in [-0.3, -0.25) is 14.9 Å². The van der Waals surface area contributed by atoms with E-state index in [-0.39, 0.29) is 24.5 Å². The number of hydrogen-bond acceptors (Lipinski definition) is 5. The van der Waals surface area contributed by atoms with Gasteiger partial charge in [-0.25, -0.2) is 4.79 Å². The number of nitrogens with zero attached hydrogens (tertiary/aromatic N) is 1. The lowest BCUT2D eigenvalue weighted by atomic mass is 9.76. The molecule has 0 spiro atoms. The molecule has 1 amide bonds. The molecule has 32 heavy (non-hydrogen) atoms. The van der Waals surface area contributed by atoms with Crippen LogP contribution in [-0.4, -0.2) is 58.6 Å². The van der Waals surface area contributed by atoms with Gasteiger partial charge in [-0.15, -0.1) is 0 Å². The van der Waals surface area contributed by atoms with E-state index in [9.17, 15) is 19.5 Å². The van der Waals surface area contributed by atoms with Crippen molar-refractivity contribution in [3.8, 4) is 0 Å². The Hall–Kier alpha value is -2.41. The zero-order chi connectivity index (χ0) is 23.1. The minimum absolute atomic E-state index is 0.0271. The van der Waals surface area contributed by atoms with Crippen molar-refractivity contribution < 1.29 is 24.2 Å². The third-order valence-corrected chi connectivity index (χ3v) is 6.87. The smallest absolute Gasteiger partial charge is 0.326 e. The molecule has 2 aliphatic rings. The van der Waals surface area contributed by atoms with Crippen molar-refractivity contribution in [3.63, 3.8) is 0 Å². The van der Waals surface area contributed by atoms with Crippen LogP contribution in [0.3, 0.4) is 0 Å². The Kier molecular flexibility index (Phi) is 8.67. The maximum Gasteiger partial charge on any atom is 0.326 e. The highest BCUT2D eigenvalue weighted by atomic mass is 16.5. The van der Waals surface area contributed by atoms with Gasteiger partial charge in [0, 0.05) is 6.04 Å². The molecule has 0 aromatic heterocycles. The first-order chi connectivity index (χ1) is 15.4. The quantitative estimate of drug-likeness (QED) is 0.568. The Balaban J connectivity index is 1.72. The van der Waals surface area contributed by atoms with E-state index >= 15 is 0 Å². The minimum atomic E-state index is -0.944. The molecule has 1 aliphatic carbocycles. The largest absolute Gasteiger partial charge is 0.480 e. The summed E-state index contributed by atoms with van der Waals surface area (Å²) in [6, 6.07) is 7.73. The number of likely N-dealkylation sites (tertiary alicyclic amines) is 1. The summed E-state index contributed by atoms with van der Waals surface area (Å²) in [5.74, 6) is -1.19. The van der Waals surface area contributed by atoms with Gasteiger partial charge in [-0.2, -0.15) is 0 Å². The van der Waals surface area contributed by atoms with Crippen LogP contribution in [0.1, 0.15) is 64.4 Å². The zero-order valence-electron chi connectivity index (χ0n) is 19.2. The highest BCUT2D eigenvalue weighted by molar-refractivity contribution is 5.88. The maximum atomic E-state index is 13.5. The zero-order valence-corrected chi connectivity index (χ0v) is 19.2. The van der Waals surface area contributed by atoms with E-state index in [2.05, 4.69) is 5.32 Å². The number of aryl methyl sites for hydroxylation is 1. The molecule has 2 N–H and O–H groups in total. The molecule has 2 fully saturated rings. The van der Waals surface area contributed by atoms with Gasteiger partial charge >= 0.3 is 11.9 Å². The van der Waals surface area contributed by atoms with E-state index in [4.69, 9.17) is 4.74 Å². The summed E-state index contributed by atoms with van der Waals surface area (Å²) in [7, 11) is 0. The number of piperidine rings is 1. The van der Waals surface area contributed by atoms with E-state index in [0.29, 0.717) is 25.2 Å². The first-order valence-electron chi connectivity index (χ1n) is 11.9. The van der Waals surface area contributed by atoms with Crippen molar-refractivity contribution in [2.45, 2.75) is 89.4 Å². The van der Waals surface area contributed by atoms with Crippen LogP contribution >= 0.6 is 0 Å². The number of nitrogens with one attached hydrogen (secondary N) is 1. The van der Waals surface area contributed by atoms with Gasteiger partial charge < -0.3 is 14.7 Å². The Morgan fingerprint density at radius 3 is 2.53 bits per heavy atom. The van der Waals surface area contributed by atoms with E-state index < -0.39 is 24.1 Å². The van der Waals surface area contributed by atoms with Crippen LogP contribution in [0.25, 0.3) is 0 Å². The van der Waals surface area contributed by atoms with Crippen molar-refractivity contribution in [2.75, 3.05) is 6.61 Å². The number of benzene rings is 1. The van der Waals surface area contributed by atoms with E-state index in [1.165, 1.54) is 0 Å². The van der Waals surface area contributed by atoms with Gasteiger partial charge in [0.1, 0.15) is 12.1 Å². The molecule has 176 valence electrons. The number of carboxylic acid groups (broad SMARTS) is 1. The van der Waals surface area contributed by atoms with Crippen LogP contribution in [-0.2, 0) is 25.5 Å². The van der Waals surface area contributed by atoms with Crippen molar-refractivity contribution >= 4 is 17.8 Å². The molecule has 1 heterocycles. The molecular formula is C25H36N2O5. The topological polar surface area (TPSA) is 95.9 Å². The molecule has 0 bridgehead atoms. The van der Waals surface area contributed by atoms with Crippen molar-refractivity contribution in [1.82, 2.24) is 10.2 Å². The standard InChI is InChI=1S/C25H36N2O5/c1-3-32-25(31)20(15-13-18-9-5-4-6-10-18)26-17(2)23(28)27-21-12-8-7-11-19(21)14-16-22(27)24(29)30/h4-6,9-10,17,19-22,26H,3,7-8,11-16H2,1-2H3,(H,29,30)/t17-,19?,20?,21?,22-/m0/s1. The summed E-state index contributed by atoms with van der Waals surface area (Å²) >= 11 is 0. The lowest BCUT2D eigenvalue weighted by molar-refractivity contribution is -0.159. The second kappa shape index (κ2) is 11.5. The highest BCUT2D eigenvalue weighted by Crippen LogP contribution is 2.38. The summed E-state index contributed by atoms with van der Waals surface area (Å²) in [5.41, 5.74) is 1.11. The first kappa shape index (κ1) is 24.2. The van der Waals surface area contributed by atoms with Crippen LogP contribution in [0.15, 0.2) is 30.3 Å². The predicted molar refractivity (Wildman–Crippen MR) is 121 cm³/mol. The van der Waals surface area contributed by atoms with Crippen LogP contribution in [0.4, 0.5) is 0 Å². The van der Waals surface area contributed by atoms with E-state index in [0.717, 1.165) is 37.7 Å². The van der Waals surface area contributed by atoms with Gasteiger partial charge in [0.15, 0.2) is 0 Å². The molecular weight excluding hydrogens is 408 g/mol. The second-order valence-electron chi connectivity index (χ2n) is 9.01. The van der Waals surface area contributed by atoms with Gasteiger partial charge in [0.2, 0.25) is 5.91 Å². The Labute approximate surface area is 190 Å². The molecule has 3 rings (SSSR count). The van der Waals surface area contributed by atoms with Crippen LogP contribution in [0.5, 0.6) is 0 Å². The average molecular weight is 445 g/mol. The molecule has 0 radical (unpaired) electrons. The van der Waals surface area contributed by atoms with Gasteiger partial charge in [0.25, 0.3) is 0 Å². The SMILES string of the molecule is CCOC(=O)C(CCc1ccccc1)N[C@@H](C)C(=O)N1C2CCCCC2CC[C@H]1C(=O)O. The molecule has 1 saturated carbocycles. The lowest BCUT2D eigenvalue weighted by Gasteiger charge is -2.48. The van der Waals surface area contributed by atoms with Crippen LogP contribution in [0, 0.1) is 5.92 Å². The molecule has 7 nitrogen and oxygen atoms in total. The van der Waals surface area contributed by atoms with E-state index in [1.807, 2.05) is 30.3 Å². The summed E-state index contributed by atoms with van der Waals surface area (Å²) in [6.07, 6.45) is 6.56. The molecule has 1 aliphatic heterocycles. The predicted octanol–water partition coefficient (Wildman–Crippen LogP) is 3.16. The second-order valence-corrected chi connectivity index (χ2v) is 9.01. The number of esters is 1. The maximum absolute atomic E-state index is 13.5. The molecule has 3 unspecified atom stereocenters. The number of aliphatic carboxylic acids is 1. The number of rotatable bonds is 9. The van der Waals surface area contributed by atoms with E-state index in [1.54, 1.807) is 18.7 Å². The van der Waals surface area contributed by atoms with Crippen molar-refractivity contribution in [3.05, 3.63) is 35.9 Å². The molecule has 1 aromatic carbocycles. The number of ether oxygens (including phenoxy) is 1. The molecule has 5 atom stereocenters. The number of carbonyl (C=O) groups is 3. The number of carbonyl (C=O) groups excluding carboxylic acids is 2. The Morgan fingerprint density at radius 2 is 1.84 bits per heavy atom. The Morgan fingerprint density at radius 1 is 1.12 bits per heavy atom. The third-order valence-electron chi connectivity index (χ3n) is 6.87. The summed E-state index contributed by atoms with van der Waals surface area (Å²) in [4.78, 5) is 39.7. The first-order valence-corrected chi connectivity index (χ1v) is 11.9. The van der Waals surface area contributed by atoms with Gasteiger partial charge in [-0.1, -0.05) is 43.2 Å². The molecule has 7 heteroatoms. The Bertz CT molecular complexity index is 784. The molecule has 1 aromatic rings. The average Bonchev–Trinajstić information content (AvgIpc) is 2.81. The number of fused-ring (bicyclic) bond motifs is 1. The summed E-state index contributed by atoms with van der Waals surface area (Å²) in [6.45, 7) is 3.75. The van der Waals surface area contributed by atoms with Crippen molar-refractivity contribution in [1.29, 1.82) is 0 Å². The normalized spacial score (nSPS) is 24.8. The fourth-order valence-electron chi connectivity index (χ4n) is 5.26. The summed E-state index contributed by atoms with van der Waals surface area (Å²) < 4.78 is 5.24. The van der Waals surface area contributed by atoms with Crippen LogP contribution in [0.2, 0.25) is 0 Å². The van der Waals surface area contributed by atoms with Crippen LogP contribution < -0.4 is 5.32 Å². The number of amides is 1. The third kappa shape index (κ3) is 5.88. The minimum Gasteiger partial charge on any atom is -0.480 e. The highest BCUT2D eigenvalue weighted by Gasteiger charge is 2.45. The van der Waals surface area contributed by atoms with Gasteiger partial charge in [-0.05, 0) is 63.9 Å².